The topological polar surface area (TPSA) is 70.0 Å². The Balaban J connectivity index is 2.78. The minimum atomic E-state index is -4.38. The molecule has 0 unspecified atom stereocenters. The minimum Gasteiger partial charge on any atom is -0.372 e. The van der Waals surface area contributed by atoms with Crippen molar-refractivity contribution in [2.75, 3.05) is 25.1 Å². The van der Waals surface area contributed by atoms with Crippen molar-refractivity contribution in [3.05, 3.63) is 29.3 Å². The zero-order valence-electron chi connectivity index (χ0n) is 11.8. The van der Waals surface area contributed by atoms with Crippen LogP contribution in [0.15, 0.2) is 18.2 Å². The zero-order valence-corrected chi connectivity index (χ0v) is 12.7. The summed E-state index contributed by atoms with van der Waals surface area (Å²) in [6.07, 6.45) is 0. The van der Waals surface area contributed by atoms with Gasteiger partial charge in [-0.2, -0.15) is 0 Å². The molecule has 0 saturated carbocycles. The number of aryl methyl sites for hydroxylation is 1. The summed E-state index contributed by atoms with van der Waals surface area (Å²) >= 11 is 0. The molecule has 1 aromatic rings. The Morgan fingerprint density at radius 2 is 2.00 bits per heavy atom. The van der Waals surface area contributed by atoms with Crippen LogP contribution in [0.4, 0.5) is 5.69 Å². The highest BCUT2D eigenvalue weighted by molar-refractivity contribution is 7.46. The van der Waals surface area contributed by atoms with E-state index in [0.29, 0.717) is 12.5 Å². The molecule has 0 heterocycles. The number of nitrogens with zero attached hydrogens (tertiary/aromatic N) is 1. The monoisotopic (exact) mass is 287 g/mol. The van der Waals surface area contributed by atoms with Gasteiger partial charge in [-0.15, -0.1) is 0 Å². The highest BCUT2D eigenvalue weighted by atomic mass is 31.2. The molecule has 0 radical (unpaired) electrons. The van der Waals surface area contributed by atoms with Gasteiger partial charge in [0.15, 0.2) is 0 Å². The lowest BCUT2D eigenvalue weighted by molar-refractivity contribution is 0.201. The first-order valence-corrected chi connectivity index (χ1v) is 7.75. The molecule has 0 spiro atoms. The summed E-state index contributed by atoms with van der Waals surface area (Å²) in [6.45, 7) is 6.68. The largest absolute Gasteiger partial charge is 0.469 e. The lowest BCUT2D eigenvalue weighted by atomic mass is 9.99. The summed E-state index contributed by atoms with van der Waals surface area (Å²) in [4.78, 5) is 19.3. The molecule has 2 N–H and O–H groups in total. The molecular weight excluding hydrogens is 265 g/mol. The summed E-state index contributed by atoms with van der Waals surface area (Å²) in [7, 11) is -2.49. The van der Waals surface area contributed by atoms with Crippen molar-refractivity contribution < 1.29 is 18.9 Å². The zero-order chi connectivity index (χ0) is 14.6. The second kappa shape index (κ2) is 6.53. The molecule has 0 fully saturated rings. The normalized spacial score (nSPS) is 11.9. The van der Waals surface area contributed by atoms with Gasteiger partial charge in [-0.1, -0.05) is 26.0 Å². The van der Waals surface area contributed by atoms with Crippen molar-refractivity contribution in [1.82, 2.24) is 0 Å². The third kappa shape index (κ3) is 5.33. The molecule has 0 saturated heterocycles. The van der Waals surface area contributed by atoms with E-state index in [9.17, 15) is 4.57 Å². The Bertz CT molecular complexity index is 470. The van der Waals surface area contributed by atoms with E-state index in [1.807, 2.05) is 18.9 Å². The lowest BCUT2D eigenvalue weighted by Crippen LogP contribution is -2.23. The standard InChI is InChI=1S/C13H22NO4P/c1-10(2)12-6-5-11(3)9-13(12)14(4)7-8-18-19(15,16)17/h5-6,9-10H,7-8H2,1-4H3,(H2,15,16,17). The highest BCUT2D eigenvalue weighted by Gasteiger charge is 2.15. The minimum absolute atomic E-state index is 0.00768. The van der Waals surface area contributed by atoms with E-state index in [2.05, 4.69) is 36.6 Å². The second-order valence-electron chi connectivity index (χ2n) is 4.96. The lowest BCUT2D eigenvalue weighted by Gasteiger charge is -2.24. The van der Waals surface area contributed by atoms with Crippen molar-refractivity contribution in [3.63, 3.8) is 0 Å². The quantitative estimate of drug-likeness (QED) is 0.787. The highest BCUT2D eigenvalue weighted by Crippen LogP contribution is 2.35. The van der Waals surface area contributed by atoms with Gasteiger partial charge in [0.05, 0.1) is 6.61 Å². The van der Waals surface area contributed by atoms with Gasteiger partial charge in [-0.25, -0.2) is 4.57 Å². The summed E-state index contributed by atoms with van der Waals surface area (Å²) in [6, 6.07) is 6.24. The molecule has 0 bridgehead atoms. The summed E-state index contributed by atoms with van der Waals surface area (Å²) in [5.74, 6) is 0.390. The van der Waals surface area contributed by atoms with E-state index < -0.39 is 7.82 Å². The van der Waals surface area contributed by atoms with Gasteiger partial charge in [0.25, 0.3) is 0 Å². The average molecular weight is 287 g/mol. The number of phosphoric ester groups is 1. The Morgan fingerprint density at radius 1 is 1.37 bits per heavy atom. The third-order valence-electron chi connectivity index (χ3n) is 2.91. The van der Waals surface area contributed by atoms with Crippen LogP contribution in [-0.2, 0) is 9.09 Å². The molecule has 1 aromatic carbocycles. The number of likely N-dealkylation sites (N-methyl/N-ethyl adjacent to an activating group) is 1. The van der Waals surface area contributed by atoms with Gasteiger partial charge in [0.2, 0.25) is 0 Å². The first-order chi connectivity index (χ1) is 8.70. The van der Waals surface area contributed by atoms with Crippen LogP contribution in [0.1, 0.15) is 30.9 Å². The van der Waals surface area contributed by atoms with Crippen LogP contribution in [0.2, 0.25) is 0 Å². The van der Waals surface area contributed by atoms with Crippen LogP contribution in [0.3, 0.4) is 0 Å². The van der Waals surface area contributed by atoms with Gasteiger partial charge in [0, 0.05) is 19.3 Å². The molecule has 19 heavy (non-hydrogen) atoms. The summed E-state index contributed by atoms with van der Waals surface area (Å²) in [5.41, 5.74) is 3.44. The smallest absolute Gasteiger partial charge is 0.372 e. The predicted molar refractivity (Wildman–Crippen MR) is 76.5 cm³/mol. The maximum absolute atomic E-state index is 10.6. The molecule has 1 rings (SSSR count). The summed E-state index contributed by atoms with van der Waals surface area (Å²) in [5, 5.41) is 0. The first kappa shape index (κ1) is 16.2. The molecule has 0 amide bonds. The van der Waals surface area contributed by atoms with Crippen molar-refractivity contribution in [2.24, 2.45) is 0 Å². The molecule has 6 heteroatoms. The predicted octanol–water partition coefficient (Wildman–Crippen LogP) is 2.66. The number of hydrogen-bond acceptors (Lipinski definition) is 3. The Morgan fingerprint density at radius 3 is 2.53 bits per heavy atom. The molecule has 108 valence electrons. The van der Waals surface area contributed by atoms with E-state index in [0.717, 1.165) is 11.3 Å². The molecule has 0 aliphatic carbocycles. The maximum atomic E-state index is 10.6. The fourth-order valence-electron chi connectivity index (χ4n) is 1.89. The average Bonchev–Trinajstić information content (AvgIpc) is 2.26. The Kier molecular flexibility index (Phi) is 5.56. The van der Waals surface area contributed by atoms with Gasteiger partial charge in [-0.05, 0) is 30.0 Å². The van der Waals surface area contributed by atoms with Crippen LogP contribution in [0.25, 0.3) is 0 Å². The van der Waals surface area contributed by atoms with Gasteiger partial charge in [0.1, 0.15) is 0 Å². The number of anilines is 1. The van der Waals surface area contributed by atoms with Crippen molar-refractivity contribution in [2.45, 2.75) is 26.7 Å². The Labute approximate surface area is 114 Å². The SMILES string of the molecule is Cc1ccc(C(C)C)c(N(C)CCOP(=O)(O)O)c1. The van der Waals surface area contributed by atoms with Crippen LogP contribution >= 0.6 is 7.82 Å². The number of hydrogen-bond donors (Lipinski definition) is 2. The molecular formula is C13H22NO4P. The van der Waals surface area contributed by atoms with E-state index in [-0.39, 0.29) is 6.61 Å². The number of rotatable bonds is 6. The fourth-order valence-corrected chi connectivity index (χ4v) is 2.21. The van der Waals surface area contributed by atoms with E-state index >= 15 is 0 Å². The van der Waals surface area contributed by atoms with E-state index in [1.165, 1.54) is 5.56 Å². The van der Waals surface area contributed by atoms with Crippen molar-refractivity contribution in [1.29, 1.82) is 0 Å². The van der Waals surface area contributed by atoms with Crippen LogP contribution in [0, 0.1) is 6.92 Å². The second-order valence-corrected chi connectivity index (χ2v) is 6.20. The van der Waals surface area contributed by atoms with Crippen molar-refractivity contribution >= 4 is 13.5 Å². The van der Waals surface area contributed by atoms with Gasteiger partial charge >= 0.3 is 7.82 Å². The molecule has 0 aliphatic heterocycles. The van der Waals surface area contributed by atoms with Crippen LogP contribution < -0.4 is 4.90 Å². The van der Waals surface area contributed by atoms with E-state index in [1.54, 1.807) is 0 Å². The van der Waals surface area contributed by atoms with E-state index in [4.69, 9.17) is 9.79 Å². The van der Waals surface area contributed by atoms with Crippen LogP contribution in [-0.4, -0.2) is 30.0 Å². The molecule has 0 atom stereocenters. The van der Waals surface area contributed by atoms with Crippen LogP contribution in [0.5, 0.6) is 0 Å². The number of phosphoric acid groups is 1. The Hall–Kier alpha value is -0.870. The molecule has 0 aliphatic rings. The fraction of sp³-hybridized carbons (Fsp3) is 0.538. The third-order valence-corrected chi connectivity index (χ3v) is 3.42. The maximum Gasteiger partial charge on any atom is 0.469 e. The molecule has 5 nitrogen and oxygen atoms in total. The number of benzene rings is 1. The summed E-state index contributed by atoms with van der Waals surface area (Å²) < 4.78 is 15.1. The van der Waals surface area contributed by atoms with Crippen molar-refractivity contribution in [3.8, 4) is 0 Å². The van der Waals surface area contributed by atoms with Gasteiger partial charge < -0.3 is 14.7 Å². The van der Waals surface area contributed by atoms with Gasteiger partial charge in [-0.3, -0.25) is 4.52 Å². The first-order valence-electron chi connectivity index (χ1n) is 6.22. The molecule has 0 aromatic heterocycles.